The number of Topliss-reactive ketones (excluding diaryl/α,β-unsaturated/α-hetero) is 1. The molecule has 2 aromatic heterocycles. The van der Waals surface area contributed by atoms with Gasteiger partial charge in [0, 0.05) is 37.8 Å². The van der Waals surface area contributed by atoms with E-state index in [0.717, 1.165) is 48.5 Å². The van der Waals surface area contributed by atoms with Crippen molar-refractivity contribution in [2.24, 2.45) is 0 Å². The van der Waals surface area contributed by atoms with Crippen LogP contribution in [0, 0.1) is 6.92 Å². The zero-order valence-electron chi connectivity index (χ0n) is 16.6. The summed E-state index contributed by atoms with van der Waals surface area (Å²) in [5.41, 5.74) is 8.80. The molecule has 0 N–H and O–H groups in total. The van der Waals surface area contributed by atoms with Crippen LogP contribution in [-0.4, -0.2) is 28.8 Å². The van der Waals surface area contributed by atoms with Gasteiger partial charge in [-0.2, -0.15) is 0 Å². The summed E-state index contributed by atoms with van der Waals surface area (Å²) in [6, 6.07) is 14.7. The molecule has 0 radical (unpaired) electrons. The molecular formula is C25H24N2OS. The van der Waals surface area contributed by atoms with Crippen molar-refractivity contribution in [2.45, 2.75) is 32.7 Å². The topological polar surface area (TPSA) is 33.2 Å². The lowest BCUT2D eigenvalue weighted by Gasteiger charge is -2.30. The summed E-state index contributed by atoms with van der Waals surface area (Å²) in [6.07, 6.45) is 4.47. The van der Waals surface area contributed by atoms with Gasteiger partial charge < -0.3 is 0 Å². The number of thiophene rings is 1. The molecule has 0 bridgehead atoms. The molecule has 1 fully saturated rings. The van der Waals surface area contributed by atoms with Gasteiger partial charge in [0.1, 0.15) is 0 Å². The lowest BCUT2D eigenvalue weighted by atomic mass is 9.87. The number of likely N-dealkylation sites (tertiary alicyclic amines) is 1. The Morgan fingerprint density at radius 3 is 2.69 bits per heavy atom. The van der Waals surface area contributed by atoms with Gasteiger partial charge in [-0.1, -0.05) is 35.9 Å². The van der Waals surface area contributed by atoms with Crippen LogP contribution >= 0.6 is 11.3 Å². The average Bonchev–Trinajstić information content (AvgIpc) is 3.18. The highest BCUT2D eigenvalue weighted by atomic mass is 32.1. The van der Waals surface area contributed by atoms with Crippen molar-refractivity contribution in [1.82, 2.24) is 9.88 Å². The van der Waals surface area contributed by atoms with Crippen LogP contribution in [0.1, 0.15) is 50.5 Å². The molecule has 1 aromatic carbocycles. The molecule has 5 rings (SSSR count). The van der Waals surface area contributed by atoms with Crippen LogP contribution in [0.5, 0.6) is 0 Å². The Balaban J connectivity index is 1.48. The first-order chi connectivity index (χ1) is 14.2. The average molecular weight is 401 g/mol. The maximum absolute atomic E-state index is 12.8. The third kappa shape index (κ3) is 3.47. The highest BCUT2D eigenvalue weighted by Crippen LogP contribution is 2.40. The van der Waals surface area contributed by atoms with Gasteiger partial charge >= 0.3 is 0 Å². The third-order valence-electron chi connectivity index (χ3n) is 6.13. The van der Waals surface area contributed by atoms with E-state index in [1.54, 1.807) is 11.3 Å². The van der Waals surface area contributed by atoms with E-state index in [-0.39, 0.29) is 5.78 Å². The minimum atomic E-state index is 0.251. The zero-order chi connectivity index (χ0) is 19.8. The quantitative estimate of drug-likeness (QED) is 0.586. The van der Waals surface area contributed by atoms with Crippen LogP contribution in [0.15, 0.2) is 59.6 Å². The number of benzene rings is 1. The number of carbonyl (C=O) groups excluding carboxylic acids is 1. The molecule has 3 aromatic rings. The Hall–Kier alpha value is -2.56. The summed E-state index contributed by atoms with van der Waals surface area (Å²) in [7, 11) is 0. The van der Waals surface area contributed by atoms with Crippen molar-refractivity contribution in [3.8, 4) is 0 Å². The molecule has 1 aliphatic carbocycles. The molecule has 3 nitrogen and oxygen atoms in total. The summed E-state index contributed by atoms with van der Waals surface area (Å²) >= 11 is 1.59. The van der Waals surface area contributed by atoms with Gasteiger partial charge in [0.15, 0.2) is 5.78 Å². The number of pyridine rings is 1. The fraction of sp³-hybridized carbons (Fsp3) is 0.280. The van der Waals surface area contributed by atoms with Crippen LogP contribution in [-0.2, 0) is 13.0 Å². The molecule has 0 atom stereocenters. The lowest BCUT2D eigenvalue weighted by molar-refractivity contribution is 0.0997. The van der Waals surface area contributed by atoms with E-state index in [1.807, 2.05) is 18.3 Å². The number of rotatable bonds is 2. The summed E-state index contributed by atoms with van der Waals surface area (Å²) < 4.78 is 0. The Morgan fingerprint density at radius 2 is 1.86 bits per heavy atom. The number of carbonyl (C=O) groups is 1. The first kappa shape index (κ1) is 18.5. The number of aryl methyl sites for hydroxylation is 1. The smallest absolute Gasteiger partial charge is 0.177 e. The minimum Gasteiger partial charge on any atom is -0.297 e. The summed E-state index contributed by atoms with van der Waals surface area (Å²) in [4.78, 5) is 20.8. The standard InChI is InChI=1S/C25H24N2OS/c1-17-5-4-11-26-22(17)16-27-12-8-18(9-13-27)24-20-7-3-2-6-19(20)15-23(28)25-21(24)10-14-29-25/h2-7,10-11,14H,8-9,12-13,15-16H2,1H3. The number of hydrogen-bond donors (Lipinski definition) is 0. The fourth-order valence-corrected chi connectivity index (χ4v) is 5.39. The normalized spacial score (nSPS) is 17.1. The molecular weight excluding hydrogens is 376 g/mol. The summed E-state index contributed by atoms with van der Waals surface area (Å²) in [5.74, 6) is 0.251. The third-order valence-corrected chi connectivity index (χ3v) is 7.09. The van der Waals surface area contributed by atoms with E-state index in [4.69, 9.17) is 0 Å². The Morgan fingerprint density at radius 1 is 1.03 bits per heavy atom. The number of fused-ring (bicyclic) bond motifs is 2. The highest BCUT2D eigenvalue weighted by Gasteiger charge is 2.28. The van der Waals surface area contributed by atoms with E-state index in [1.165, 1.54) is 28.0 Å². The Bertz CT molecular complexity index is 1100. The molecule has 0 amide bonds. The number of piperidine rings is 1. The fourth-order valence-electron chi connectivity index (χ4n) is 4.55. The van der Waals surface area contributed by atoms with Crippen LogP contribution in [0.3, 0.4) is 0 Å². The van der Waals surface area contributed by atoms with E-state index in [9.17, 15) is 4.79 Å². The van der Waals surface area contributed by atoms with E-state index < -0.39 is 0 Å². The largest absolute Gasteiger partial charge is 0.297 e. The van der Waals surface area contributed by atoms with Gasteiger partial charge in [0.2, 0.25) is 0 Å². The van der Waals surface area contributed by atoms with Gasteiger partial charge in [0.05, 0.1) is 10.6 Å². The number of aromatic nitrogens is 1. The lowest BCUT2D eigenvalue weighted by Crippen LogP contribution is -2.31. The molecule has 0 saturated carbocycles. The second-order valence-electron chi connectivity index (χ2n) is 7.94. The van der Waals surface area contributed by atoms with Crippen molar-refractivity contribution < 1.29 is 4.79 Å². The second kappa shape index (κ2) is 7.69. The van der Waals surface area contributed by atoms with E-state index >= 15 is 0 Å². The van der Waals surface area contributed by atoms with E-state index in [0.29, 0.717) is 6.42 Å². The molecule has 3 heterocycles. The van der Waals surface area contributed by atoms with Crippen LogP contribution in [0.2, 0.25) is 0 Å². The second-order valence-corrected chi connectivity index (χ2v) is 8.86. The number of ketones is 1. The predicted molar refractivity (Wildman–Crippen MR) is 118 cm³/mol. The number of hydrogen-bond acceptors (Lipinski definition) is 4. The van der Waals surface area contributed by atoms with Gasteiger partial charge in [-0.3, -0.25) is 14.7 Å². The molecule has 1 aliphatic heterocycles. The highest BCUT2D eigenvalue weighted by molar-refractivity contribution is 7.12. The van der Waals surface area contributed by atoms with Crippen LogP contribution in [0.25, 0.3) is 5.57 Å². The monoisotopic (exact) mass is 400 g/mol. The predicted octanol–water partition coefficient (Wildman–Crippen LogP) is 5.29. The Kier molecular flexibility index (Phi) is 4.90. The molecule has 146 valence electrons. The number of nitrogens with zero attached hydrogens (tertiary/aromatic N) is 2. The van der Waals surface area contributed by atoms with Crippen molar-refractivity contribution in [1.29, 1.82) is 0 Å². The van der Waals surface area contributed by atoms with Gasteiger partial charge in [-0.25, -0.2) is 0 Å². The van der Waals surface area contributed by atoms with Crippen molar-refractivity contribution >= 4 is 22.7 Å². The van der Waals surface area contributed by atoms with Crippen molar-refractivity contribution in [3.63, 3.8) is 0 Å². The SMILES string of the molecule is Cc1cccnc1CN1CCC(=C2c3ccccc3CC(=O)c3sccc32)CC1. The first-order valence-electron chi connectivity index (χ1n) is 10.2. The van der Waals surface area contributed by atoms with Gasteiger partial charge in [-0.05, 0) is 59.5 Å². The molecule has 1 saturated heterocycles. The van der Waals surface area contributed by atoms with Crippen LogP contribution < -0.4 is 0 Å². The van der Waals surface area contributed by atoms with Gasteiger partial charge in [-0.15, -0.1) is 11.3 Å². The van der Waals surface area contributed by atoms with E-state index in [2.05, 4.69) is 52.5 Å². The van der Waals surface area contributed by atoms with Crippen LogP contribution in [0.4, 0.5) is 0 Å². The molecule has 2 aliphatic rings. The molecule has 29 heavy (non-hydrogen) atoms. The Labute approximate surface area is 175 Å². The molecule has 0 spiro atoms. The maximum atomic E-state index is 12.8. The summed E-state index contributed by atoms with van der Waals surface area (Å²) in [6.45, 7) is 5.11. The summed E-state index contributed by atoms with van der Waals surface area (Å²) in [5, 5.41) is 2.07. The minimum absolute atomic E-state index is 0.251. The zero-order valence-corrected chi connectivity index (χ0v) is 17.5. The first-order valence-corrected chi connectivity index (χ1v) is 11.1. The van der Waals surface area contributed by atoms with Gasteiger partial charge in [0.25, 0.3) is 0 Å². The van der Waals surface area contributed by atoms with Crippen molar-refractivity contribution in [2.75, 3.05) is 13.1 Å². The van der Waals surface area contributed by atoms with Crippen molar-refractivity contribution in [3.05, 3.63) is 92.4 Å². The molecule has 0 unspecified atom stereocenters. The molecule has 4 heteroatoms. The maximum Gasteiger partial charge on any atom is 0.177 e.